The Morgan fingerprint density at radius 3 is 2.13 bits per heavy atom. The Morgan fingerprint density at radius 1 is 1.20 bits per heavy atom. The van der Waals surface area contributed by atoms with Crippen LogP contribution in [0.2, 0.25) is 0 Å². The predicted molar refractivity (Wildman–Crippen MR) is 57.3 cm³/mol. The molecule has 84 valence electrons. The third-order valence-corrected chi connectivity index (χ3v) is 2.86. The molecule has 5 heteroatoms. The summed E-state index contributed by atoms with van der Waals surface area (Å²) in [6.45, 7) is 1.84. The average Bonchev–Trinajstić information content (AvgIpc) is 2.17. The van der Waals surface area contributed by atoms with Crippen LogP contribution >= 0.6 is 10.8 Å². The van der Waals surface area contributed by atoms with Crippen molar-refractivity contribution in [3.63, 3.8) is 0 Å². The zero-order valence-electron chi connectivity index (χ0n) is 8.34. The lowest BCUT2D eigenvalue weighted by atomic mass is 10.2. The fraction of sp³-hybridized carbons (Fsp3) is 0.300. The van der Waals surface area contributed by atoms with E-state index in [4.69, 9.17) is 4.18 Å². The van der Waals surface area contributed by atoms with Gasteiger partial charge in [0.2, 0.25) is 0 Å². The molecule has 0 bridgehead atoms. The van der Waals surface area contributed by atoms with Crippen LogP contribution in [-0.4, -0.2) is 11.6 Å². The SMILES string of the molecule is C/C=S(/C)Oc1ccc(C(F)(F)F)cc1. The number of alkyl halides is 3. The van der Waals surface area contributed by atoms with E-state index in [2.05, 4.69) is 0 Å². The maximum absolute atomic E-state index is 12.2. The zero-order chi connectivity index (χ0) is 11.5. The Kier molecular flexibility index (Phi) is 3.79. The van der Waals surface area contributed by atoms with E-state index in [-0.39, 0.29) is 10.8 Å². The summed E-state index contributed by atoms with van der Waals surface area (Å²) in [7, 11) is -0.362. The molecule has 0 aromatic heterocycles. The molecular formula is C10H11F3OS. The van der Waals surface area contributed by atoms with Gasteiger partial charge in [-0.25, -0.2) is 0 Å². The van der Waals surface area contributed by atoms with Crippen molar-refractivity contribution in [3.8, 4) is 5.75 Å². The fourth-order valence-corrected chi connectivity index (χ4v) is 1.41. The van der Waals surface area contributed by atoms with Crippen molar-refractivity contribution in [2.24, 2.45) is 0 Å². The molecule has 0 fully saturated rings. The Bertz CT molecular complexity index is 354. The van der Waals surface area contributed by atoms with Crippen LogP contribution < -0.4 is 4.18 Å². The van der Waals surface area contributed by atoms with Crippen molar-refractivity contribution in [1.29, 1.82) is 0 Å². The van der Waals surface area contributed by atoms with E-state index < -0.39 is 11.7 Å². The van der Waals surface area contributed by atoms with Gasteiger partial charge in [0.1, 0.15) is 5.75 Å². The number of benzene rings is 1. The topological polar surface area (TPSA) is 9.23 Å². The Morgan fingerprint density at radius 2 is 1.73 bits per heavy atom. The van der Waals surface area contributed by atoms with E-state index in [1.165, 1.54) is 12.1 Å². The first-order chi connectivity index (χ1) is 6.93. The lowest BCUT2D eigenvalue weighted by molar-refractivity contribution is -0.137. The molecule has 15 heavy (non-hydrogen) atoms. The molecule has 1 nitrogen and oxygen atoms in total. The molecule has 0 heterocycles. The molecule has 0 saturated carbocycles. The highest BCUT2D eigenvalue weighted by atomic mass is 32.2. The summed E-state index contributed by atoms with van der Waals surface area (Å²) in [5, 5.41) is 1.84. The molecule has 0 saturated heterocycles. The zero-order valence-corrected chi connectivity index (χ0v) is 9.15. The summed E-state index contributed by atoms with van der Waals surface area (Å²) in [5.74, 6) is 0.451. The van der Waals surface area contributed by atoms with Crippen LogP contribution in [0.25, 0.3) is 0 Å². The Hall–Kier alpha value is -0.970. The minimum atomic E-state index is -4.29. The molecule has 1 aromatic rings. The van der Waals surface area contributed by atoms with Gasteiger partial charge in [-0.3, -0.25) is 0 Å². The van der Waals surface area contributed by atoms with Gasteiger partial charge < -0.3 is 4.18 Å². The Labute approximate surface area is 89.0 Å². The highest BCUT2D eigenvalue weighted by molar-refractivity contribution is 8.10. The van der Waals surface area contributed by atoms with Gasteiger partial charge in [-0.1, -0.05) is 0 Å². The van der Waals surface area contributed by atoms with Gasteiger partial charge in [0.15, 0.2) is 0 Å². The van der Waals surface area contributed by atoms with E-state index in [9.17, 15) is 13.2 Å². The third-order valence-electron chi connectivity index (χ3n) is 1.74. The smallest absolute Gasteiger partial charge is 0.416 e. The summed E-state index contributed by atoms with van der Waals surface area (Å²) >= 11 is 0. The van der Waals surface area contributed by atoms with Crippen LogP contribution in [0.15, 0.2) is 24.3 Å². The molecule has 0 amide bonds. The Balaban J connectivity index is 2.82. The van der Waals surface area contributed by atoms with Crippen LogP contribution in [-0.2, 0) is 6.18 Å². The standard InChI is InChI=1S/C10H11F3OS/c1-3-15(2)14-9-6-4-8(5-7-9)10(11,12)13/h3-7H,1-2H3. The quantitative estimate of drug-likeness (QED) is 0.711. The van der Waals surface area contributed by atoms with Gasteiger partial charge in [-0.2, -0.15) is 13.2 Å². The van der Waals surface area contributed by atoms with Crippen molar-refractivity contribution in [3.05, 3.63) is 29.8 Å². The molecule has 1 atom stereocenters. The molecule has 1 aromatic carbocycles. The van der Waals surface area contributed by atoms with E-state index in [0.29, 0.717) is 5.75 Å². The lowest BCUT2D eigenvalue weighted by Gasteiger charge is -2.09. The summed E-state index contributed by atoms with van der Waals surface area (Å²) in [4.78, 5) is 0. The summed E-state index contributed by atoms with van der Waals surface area (Å²) in [5.41, 5.74) is -0.661. The van der Waals surface area contributed by atoms with Gasteiger partial charge in [0, 0.05) is 6.26 Å². The molecular weight excluding hydrogens is 225 g/mol. The number of hydrogen-bond donors (Lipinski definition) is 0. The maximum atomic E-state index is 12.2. The van der Waals surface area contributed by atoms with Crippen molar-refractivity contribution >= 4 is 16.1 Å². The van der Waals surface area contributed by atoms with Crippen LogP contribution in [0.3, 0.4) is 0 Å². The lowest BCUT2D eigenvalue weighted by Crippen LogP contribution is -2.03. The second-order valence-corrected chi connectivity index (χ2v) is 4.48. The first-order valence-corrected chi connectivity index (χ1v) is 5.85. The summed E-state index contributed by atoms with van der Waals surface area (Å²) < 4.78 is 41.9. The van der Waals surface area contributed by atoms with Crippen molar-refractivity contribution in [2.75, 3.05) is 6.26 Å². The van der Waals surface area contributed by atoms with E-state index in [1.54, 1.807) is 0 Å². The molecule has 0 aliphatic carbocycles. The van der Waals surface area contributed by atoms with Crippen molar-refractivity contribution in [1.82, 2.24) is 0 Å². The predicted octanol–water partition coefficient (Wildman–Crippen LogP) is 3.72. The number of hydrogen-bond acceptors (Lipinski definition) is 1. The third kappa shape index (κ3) is 3.58. The second-order valence-electron chi connectivity index (χ2n) is 2.84. The molecule has 0 aliphatic heterocycles. The van der Waals surface area contributed by atoms with E-state index >= 15 is 0 Å². The van der Waals surface area contributed by atoms with Gasteiger partial charge in [0.05, 0.1) is 5.56 Å². The normalized spacial score (nSPS) is 13.9. The van der Waals surface area contributed by atoms with Crippen LogP contribution in [0, 0.1) is 0 Å². The molecule has 1 unspecified atom stereocenters. The van der Waals surface area contributed by atoms with Crippen LogP contribution in [0.4, 0.5) is 13.2 Å². The van der Waals surface area contributed by atoms with Crippen LogP contribution in [0.1, 0.15) is 12.5 Å². The molecule has 0 radical (unpaired) electrons. The molecule has 1 rings (SSSR count). The van der Waals surface area contributed by atoms with Gasteiger partial charge in [-0.05, 0) is 47.3 Å². The first kappa shape index (κ1) is 12.1. The van der Waals surface area contributed by atoms with Gasteiger partial charge >= 0.3 is 6.18 Å². The van der Waals surface area contributed by atoms with Gasteiger partial charge in [-0.15, -0.1) is 0 Å². The highest BCUT2D eigenvalue weighted by Crippen LogP contribution is 2.31. The first-order valence-electron chi connectivity index (χ1n) is 4.23. The maximum Gasteiger partial charge on any atom is 0.416 e. The average molecular weight is 236 g/mol. The molecule has 0 spiro atoms. The number of halogens is 3. The summed E-state index contributed by atoms with van der Waals surface area (Å²) in [6.07, 6.45) is -2.44. The van der Waals surface area contributed by atoms with Crippen molar-refractivity contribution < 1.29 is 17.4 Å². The molecule has 0 aliphatic rings. The molecule has 0 N–H and O–H groups in total. The minimum Gasteiger partial charge on any atom is -0.435 e. The minimum absolute atomic E-state index is 0.362. The van der Waals surface area contributed by atoms with Gasteiger partial charge in [0.25, 0.3) is 0 Å². The fourth-order valence-electron chi connectivity index (χ4n) is 0.899. The van der Waals surface area contributed by atoms with E-state index in [0.717, 1.165) is 12.1 Å². The van der Waals surface area contributed by atoms with E-state index in [1.807, 2.05) is 18.5 Å². The highest BCUT2D eigenvalue weighted by Gasteiger charge is 2.29. The number of rotatable bonds is 2. The monoisotopic (exact) mass is 236 g/mol. The summed E-state index contributed by atoms with van der Waals surface area (Å²) in [6, 6.07) is 4.69. The van der Waals surface area contributed by atoms with Crippen LogP contribution in [0.5, 0.6) is 5.75 Å². The van der Waals surface area contributed by atoms with Crippen molar-refractivity contribution in [2.45, 2.75) is 13.1 Å². The largest absolute Gasteiger partial charge is 0.435 e. The second kappa shape index (κ2) is 4.70.